The maximum absolute atomic E-state index is 13.9. The van der Waals surface area contributed by atoms with E-state index in [1.165, 1.54) is 6.07 Å². The molecule has 0 unspecified atom stereocenters. The van der Waals surface area contributed by atoms with E-state index in [-0.39, 0.29) is 19.4 Å². The van der Waals surface area contributed by atoms with Crippen molar-refractivity contribution in [1.29, 1.82) is 0 Å². The third kappa shape index (κ3) is 6.09. The highest BCUT2D eigenvalue weighted by atomic mass is 19.1. The number of aliphatic carboxylic acids is 2. The van der Waals surface area contributed by atoms with Crippen LogP contribution in [0.4, 0.5) is 10.1 Å². The van der Waals surface area contributed by atoms with Gasteiger partial charge in [0.25, 0.3) is 0 Å². The average Bonchev–Trinajstić information content (AvgIpc) is 2.44. The molecule has 0 aliphatic heterocycles. The Morgan fingerprint density at radius 3 is 2.27 bits per heavy atom. The lowest BCUT2D eigenvalue weighted by molar-refractivity contribution is -0.138. The number of carbonyl (C=O) groups is 2. The van der Waals surface area contributed by atoms with Crippen molar-refractivity contribution in [1.82, 2.24) is 4.90 Å². The first-order valence-electron chi connectivity index (χ1n) is 6.91. The lowest BCUT2D eigenvalue weighted by atomic mass is 10.1. The lowest BCUT2D eigenvalue weighted by Crippen LogP contribution is -2.23. The van der Waals surface area contributed by atoms with E-state index < -0.39 is 17.8 Å². The molecule has 122 valence electrons. The molecule has 1 rings (SSSR count). The standard InChI is InChI=1S/C15H21FN2O4/c1-17(7-5-14(19)20)10-11-3-4-12(16)13(9-11)18(2)8-6-15(21)22/h3-4,9H,5-8,10H2,1-2H3,(H,19,20)(H,21,22). The highest BCUT2D eigenvalue weighted by Gasteiger charge is 2.11. The summed E-state index contributed by atoms with van der Waals surface area (Å²) in [6.07, 6.45) is -0.0260. The van der Waals surface area contributed by atoms with E-state index in [4.69, 9.17) is 10.2 Å². The van der Waals surface area contributed by atoms with Crippen molar-refractivity contribution in [2.24, 2.45) is 0 Å². The minimum absolute atomic E-state index is 0.0447. The Hall–Kier alpha value is -2.15. The van der Waals surface area contributed by atoms with Crippen LogP contribution in [0.5, 0.6) is 0 Å². The van der Waals surface area contributed by atoms with Crippen LogP contribution >= 0.6 is 0 Å². The molecule has 0 aliphatic rings. The van der Waals surface area contributed by atoms with Crippen molar-refractivity contribution in [3.8, 4) is 0 Å². The van der Waals surface area contributed by atoms with Crippen LogP contribution in [0.3, 0.4) is 0 Å². The SMILES string of the molecule is CN(CCC(=O)O)Cc1ccc(F)c(N(C)CCC(=O)O)c1. The van der Waals surface area contributed by atoms with E-state index in [0.717, 1.165) is 5.56 Å². The van der Waals surface area contributed by atoms with Gasteiger partial charge in [-0.3, -0.25) is 9.59 Å². The van der Waals surface area contributed by atoms with Crippen molar-refractivity contribution in [3.05, 3.63) is 29.6 Å². The summed E-state index contributed by atoms with van der Waals surface area (Å²) in [5.41, 5.74) is 1.18. The molecule has 1 aromatic rings. The largest absolute Gasteiger partial charge is 0.481 e. The quantitative estimate of drug-likeness (QED) is 0.721. The third-order valence-electron chi connectivity index (χ3n) is 3.24. The van der Waals surface area contributed by atoms with Gasteiger partial charge < -0.3 is 20.0 Å². The summed E-state index contributed by atoms with van der Waals surface area (Å²) in [6, 6.07) is 4.64. The molecule has 6 nitrogen and oxygen atoms in total. The highest BCUT2D eigenvalue weighted by Crippen LogP contribution is 2.21. The molecule has 0 fully saturated rings. The van der Waals surface area contributed by atoms with E-state index in [9.17, 15) is 14.0 Å². The van der Waals surface area contributed by atoms with Crippen LogP contribution in [0.15, 0.2) is 18.2 Å². The number of rotatable bonds is 9. The fraction of sp³-hybridized carbons (Fsp3) is 0.467. The first-order chi connectivity index (χ1) is 10.3. The second-order valence-corrected chi connectivity index (χ2v) is 5.23. The zero-order chi connectivity index (χ0) is 16.7. The average molecular weight is 312 g/mol. The van der Waals surface area contributed by atoms with Crippen LogP contribution in [-0.2, 0) is 16.1 Å². The monoisotopic (exact) mass is 312 g/mol. The summed E-state index contributed by atoms with van der Waals surface area (Å²) >= 11 is 0. The number of hydrogen-bond donors (Lipinski definition) is 2. The van der Waals surface area contributed by atoms with Crippen LogP contribution in [0, 0.1) is 5.82 Å². The van der Waals surface area contributed by atoms with Crippen molar-refractivity contribution in [3.63, 3.8) is 0 Å². The van der Waals surface area contributed by atoms with Gasteiger partial charge >= 0.3 is 11.9 Å². The number of hydrogen-bond acceptors (Lipinski definition) is 4. The predicted octanol–water partition coefficient (Wildman–Crippen LogP) is 1.64. The molecule has 0 aliphatic carbocycles. The Balaban J connectivity index is 2.72. The Morgan fingerprint density at radius 1 is 1.09 bits per heavy atom. The summed E-state index contributed by atoms with van der Waals surface area (Å²) < 4.78 is 13.9. The van der Waals surface area contributed by atoms with Gasteiger partial charge in [0, 0.05) is 26.7 Å². The zero-order valence-corrected chi connectivity index (χ0v) is 12.8. The smallest absolute Gasteiger partial charge is 0.305 e. The summed E-state index contributed by atoms with van der Waals surface area (Å²) in [6.45, 7) is 1.11. The molecule has 0 amide bonds. The molecule has 0 aromatic heterocycles. The minimum Gasteiger partial charge on any atom is -0.481 e. The Bertz CT molecular complexity index is 536. The molecule has 0 atom stereocenters. The first-order valence-corrected chi connectivity index (χ1v) is 6.91. The van der Waals surface area contributed by atoms with E-state index in [1.807, 2.05) is 4.90 Å². The lowest BCUT2D eigenvalue weighted by Gasteiger charge is -2.21. The van der Waals surface area contributed by atoms with Gasteiger partial charge in [0.2, 0.25) is 0 Å². The summed E-state index contributed by atoms with van der Waals surface area (Å²) in [7, 11) is 3.43. The highest BCUT2D eigenvalue weighted by molar-refractivity contribution is 5.68. The van der Waals surface area contributed by atoms with Gasteiger partial charge in [0.1, 0.15) is 5.82 Å². The molecule has 0 bridgehead atoms. The second kappa shape index (κ2) is 8.33. The molecule has 0 heterocycles. The van der Waals surface area contributed by atoms with E-state index in [1.54, 1.807) is 31.1 Å². The molecule has 2 N–H and O–H groups in total. The van der Waals surface area contributed by atoms with Crippen LogP contribution in [-0.4, -0.2) is 54.2 Å². The van der Waals surface area contributed by atoms with Crippen molar-refractivity contribution in [2.45, 2.75) is 19.4 Å². The van der Waals surface area contributed by atoms with Crippen LogP contribution in [0.2, 0.25) is 0 Å². The topological polar surface area (TPSA) is 81.1 Å². The fourth-order valence-electron chi connectivity index (χ4n) is 2.01. The second-order valence-electron chi connectivity index (χ2n) is 5.23. The maximum atomic E-state index is 13.9. The zero-order valence-electron chi connectivity index (χ0n) is 12.8. The van der Waals surface area contributed by atoms with Crippen molar-refractivity contribution in [2.75, 3.05) is 32.1 Å². The van der Waals surface area contributed by atoms with Gasteiger partial charge in [-0.05, 0) is 24.7 Å². The molecule has 0 saturated heterocycles. The third-order valence-corrected chi connectivity index (χ3v) is 3.24. The number of anilines is 1. The minimum atomic E-state index is -0.934. The molecule has 1 aromatic carbocycles. The van der Waals surface area contributed by atoms with Gasteiger partial charge in [0.05, 0.1) is 18.5 Å². The van der Waals surface area contributed by atoms with Crippen LogP contribution < -0.4 is 4.90 Å². The first kappa shape index (κ1) is 17.9. The molecule has 7 heteroatoms. The van der Waals surface area contributed by atoms with Gasteiger partial charge in [-0.2, -0.15) is 0 Å². The molecule has 0 saturated carbocycles. The number of nitrogens with zero attached hydrogens (tertiary/aromatic N) is 2. The summed E-state index contributed by atoms with van der Waals surface area (Å²) in [5.74, 6) is -2.21. The van der Waals surface area contributed by atoms with Crippen molar-refractivity contribution < 1.29 is 24.2 Å². The fourth-order valence-corrected chi connectivity index (χ4v) is 2.01. The number of carboxylic acids is 2. The Morgan fingerprint density at radius 2 is 1.68 bits per heavy atom. The summed E-state index contributed by atoms with van der Waals surface area (Å²) in [5, 5.41) is 17.3. The maximum Gasteiger partial charge on any atom is 0.305 e. The van der Waals surface area contributed by atoms with E-state index in [2.05, 4.69) is 0 Å². The van der Waals surface area contributed by atoms with Gasteiger partial charge in [0.15, 0.2) is 0 Å². The predicted molar refractivity (Wildman–Crippen MR) is 80.5 cm³/mol. The number of carboxylic acid groups (broad SMARTS) is 2. The Labute approximate surface area is 128 Å². The Kier molecular flexibility index (Phi) is 6.78. The molecule has 22 heavy (non-hydrogen) atoms. The molecule has 0 spiro atoms. The molecular weight excluding hydrogens is 291 g/mol. The normalized spacial score (nSPS) is 10.7. The molecule has 0 radical (unpaired) electrons. The summed E-state index contributed by atoms with van der Waals surface area (Å²) in [4.78, 5) is 24.5. The van der Waals surface area contributed by atoms with E-state index in [0.29, 0.717) is 18.8 Å². The van der Waals surface area contributed by atoms with Gasteiger partial charge in [-0.25, -0.2) is 4.39 Å². The van der Waals surface area contributed by atoms with E-state index >= 15 is 0 Å². The van der Waals surface area contributed by atoms with Crippen molar-refractivity contribution >= 4 is 17.6 Å². The number of halogens is 1. The van der Waals surface area contributed by atoms with Gasteiger partial charge in [-0.15, -0.1) is 0 Å². The number of benzene rings is 1. The molecular formula is C15H21FN2O4. The van der Waals surface area contributed by atoms with Crippen LogP contribution in [0.25, 0.3) is 0 Å². The van der Waals surface area contributed by atoms with Crippen LogP contribution in [0.1, 0.15) is 18.4 Å². The van der Waals surface area contributed by atoms with Gasteiger partial charge in [-0.1, -0.05) is 6.07 Å².